The van der Waals surface area contributed by atoms with E-state index in [0.717, 1.165) is 54.0 Å². The molecule has 1 aliphatic rings. The highest BCUT2D eigenvalue weighted by atomic mass is 16.1. The van der Waals surface area contributed by atoms with Gasteiger partial charge in [0.2, 0.25) is 0 Å². The zero-order chi connectivity index (χ0) is 20.5. The molecule has 2 aromatic heterocycles. The Bertz CT molecular complexity index is 1210. The third kappa shape index (κ3) is 3.36. The van der Waals surface area contributed by atoms with Crippen LogP contribution in [-0.2, 0) is 0 Å². The number of nitrogens with one attached hydrogen (secondary N) is 1. The fourth-order valence-electron chi connectivity index (χ4n) is 3.79. The average molecular weight is 399 g/mol. The first-order chi connectivity index (χ1) is 14.7. The van der Waals surface area contributed by atoms with Crippen LogP contribution in [0.5, 0.6) is 0 Å². The molecule has 2 aromatic carbocycles. The van der Waals surface area contributed by atoms with Crippen molar-refractivity contribution in [1.29, 1.82) is 0 Å². The Morgan fingerprint density at radius 2 is 1.80 bits per heavy atom. The van der Waals surface area contributed by atoms with Gasteiger partial charge in [0.05, 0.1) is 16.7 Å². The van der Waals surface area contributed by atoms with Crippen LogP contribution < -0.4 is 10.2 Å². The second kappa shape index (κ2) is 7.55. The maximum Gasteiger partial charge on any atom is 0.256 e. The molecule has 1 saturated heterocycles. The van der Waals surface area contributed by atoms with Crippen LogP contribution in [0, 0.1) is 6.92 Å². The maximum atomic E-state index is 13.0. The van der Waals surface area contributed by atoms with Gasteiger partial charge in [-0.05, 0) is 55.7 Å². The van der Waals surface area contributed by atoms with E-state index in [4.69, 9.17) is 9.97 Å². The predicted octanol–water partition coefficient (Wildman–Crippen LogP) is 3.37. The number of aryl methyl sites for hydroxylation is 1. The van der Waals surface area contributed by atoms with Crippen LogP contribution in [0.3, 0.4) is 0 Å². The second-order valence-electron chi connectivity index (χ2n) is 7.37. The molecule has 1 N–H and O–H groups in total. The maximum absolute atomic E-state index is 13.0. The lowest BCUT2D eigenvalue weighted by Crippen LogP contribution is -2.23. The van der Waals surface area contributed by atoms with Crippen molar-refractivity contribution in [3.05, 3.63) is 66.2 Å². The van der Waals surface area contributed by atoms with Gasteiger partial charge >= 0.3 is 0 Å². The number of amides is 1. The van der Waals surface area contributed by atoms with Gasteiger partial charge in [0, 0.05) is 18.7 Å². The number of benzene rings is 2. The molecule has 8 heteroatoms. The summed E-state index contributed by atoms with van der Waals surface area (Å²) >= 11 is 0. The minimum atomic E-state index is -0.215. The van der Waals surface area contributed by atoms with E-state index in [2.05, 4.69) is 20.3 Å². The Hall–Kier alpha value is -3.81. The number of hydrogen-bond acceptors (Lipinski definition) is 6. The molecule has 5 rings (SSSR count). The number of nitrogens with zero attached hydrogens (tertiary/aromatic N) is 6. The number of carbonyl (C=O) groups is 1. The molecule has 30 heavy (non-hydrogen) atoms. The summed E-state index contributed by atoms with van der Waals surface area (Å²) in [5.74, 6) is 1.02. The summed E-state index contributed by atoms with van der Waals surface area (Å²) < 4.78 is 1.68. The van der Waals surface area contributed by atoms with Gasteiger partial charge in [0.15, 0.2) is 11.6 Å². The number of aromatic nitrogens is 5. The van der Waals surface area contributed by atoms with Crippen LogP contribution in [-0.4, -0.2) is 43.7 Å². The molecular weight excluding hydrogens is 378 g/mol. The molecule has 1 fully saturated rings. The van der Waals surface area contributed by atoms with E-state index in [1.54, 1.807) is 17.1 Å². The number of carbonyl (C=O) groups excluding carboxylic acids is 1. The summed E-state index contributed by atoms with van der Waals surface area (Å²) in [4.78, 5) is 28.7. The molecule has 8 nitrogen and oxygen atoms in total. The van der Waals surface area contributed by atoms with E-state index in [1.807, 2.05) is 43.3 Å². The number of para-hydroxylation sites is 2. The normalized spacial score (nSPS) is 13.7. The van der Waals surface area contributed by atoms with Crippen molar-refractivity contribution in [2.75, 3.05) is 23.3 Å². The number of anilines is 2. The lowest BCUT2D eigenvalue weighted by Gasteiger charge is -2.20. The Morgan fingerprint density at radius 3 is 2.50 bits per heavy atom. The Morgan fingerprint density at radius 1 is 1.03 bits per heavy atom. The zero-order valence-corrected chi connectivity index (χ0v) is 16.6. The highest BCUT2D eigenvalue weighted by Gasteiger charge is 2.21. The molecule has 0 radical (unpaired) electrons. The molecule has 1 aliphatic heterocycles. The first kappa shape index (κ1) is 18.2. The van der Waals surface area contributed by atoms with Crippen LogP contribution in [0.1, 0.15) is 28.8 Å². The summed E-state index contributed by atoms with van der Waals surface area (Å²) in [6, 6.07) is 13.2. The van der Waals surface area contributed by atoms with Crippen LogP contribution in [0.25, 0.3) is 16.7 Å². The van der Waals surface area contributed by atoms with Crippen LogP contribution in [0.4, 0.5) is 11.6 Å². The molecule has 0 aliphatic carbocycles. The van der Waals surface area contributed by atoms with E-state index >= 15 is 0 Å². The molecule has 4 aromatic rings. The first-order valence-electron chi connectivity index (χ1n) is 9.98. The summed E-state index contributed by atoms with van der Waals surface area (Å²) in [5.41, 5.74) is 3.95. The third-order valence-corrected chi connectivity index (χ3v) is 5.31. The minimum Gasteiger partial charge on any atom is -0.354 e. The number of fused-ring (bicyclic) bond motifs is 1. The van der Waals surface area contributed by atoms with Crippen molar-refractivity contribution in [2.24, 2.45) is 0 Å². The molecule has 0 unspecified atom stereocenters. The van der Waals surface area contributed by atoms with Crippen LogP contribution >= 0.6 is 0 Å². The van der Waals surface area contributed by atoms with Crippen molar-refractivity contribution in [3.63, 3.8) is 0 Å². The minimum absolute atomic E-state index is 0.215. The van der Waals surface area contributed by atoms with E-state index < -0.39 is 0 Å². The van der Waals surface area contributed by atoms with Gasteiger partial charge in [-0.3, -0.25) is 4.79 Å². The van der Waals surface area contributed by atoms with Crippen molar-refractivity contribution in [1.82, 2.24) is 24.7 Å². The zero-order valence-electron chi connectivity index (χ0n) is 16.6. The summed E-state index contributed by atoms with van der Waals surface area (Å²) in [5, 5.41) is 7.14. The van der Waals surface area contributed by atoms with Crippen LogP contribution in [0.15, 0.2) is 55.1 Å². The highest BCUT2D eigenvalue weighted by Crippen LogP contribution is 2.28. The Kier molecular flexibility index (Phi) is 4.59. The van der Waals surface area contributed by atoms with Crippen LogP contribution in [0.2, 0.25) is 0 Å². The first-order valence-corrected chi connectivity index (χ1v) is 9.98. The van der Waals surface area contributed by atoms with Gasteiger partial charge in [-0.25, -0.2) is 19.6 Å². The number of rotatable bonds is 4. The lowest BCUT2D eigenvalue weighted by molar-refractivity contribution is 0.102. The molecule has 0 bridgehead atoms. The van der Waals surface area contributed by atoms with E-state index in [1.165, 1.54) is 6.33 Å². The lowest BCUT2D eigenvalue weighted by atomic mass is 10.1. The van der Waals surface area contributed by atoms with Gasteiger partial charge < -0.3 is 10.2 Å². The SMILES string of the molecule is Cc1cc(C(=O)Nc2nc3ccccc3nc2N2CCCC2)ccc1-n1cncn1. The molecular formula is C22H21N7O. The summed E-state index contributed by atoms with van der Waals surface area (Å²) in [6.07, 6.45) is 5.35. The Balaban J connectivity index is 1.48. The molecule has 0 saturated carbocycles. The monoisotopic (exact) mass is 399 g/mol. The smallest absolute Gasteiger partial charge is 0.256 e. The van der Waals surface area contributed by atoms with Gasteiger partial charge in [-0.2, -0.15) is 5.10 Å². The van der Waals surface area contributed by atoms with Crippen molar-refractivity contribution < 1.29 is 4.79 Å². The molecule has 1 amide bonds. The largest absolute Gasteiger partial charge is 0.354 e. The summed E-state index contributed by atoms with van der Waals surface area (Å²) in [6.45, 7) is 3.78. The standard InChI is InChI=1S/C22H21N7O/c1-15-12-16(8-9-19(15)29-14-23-13-24-29)22(30)27-20-21(28-10-4-5-11-28)26-18-7-3-2-6-17(18)25-20/h2-3,6-9,12-14H,4-5,10-11H2,1H3,(H,25,27,30). The summed E-state index contributed by atoms with van der Waals surface area (Å²) in [7, 11) is 0. The fraction of sp³-hybridized carbons (Fsp3) is 0.227. The van der Waals surface area contributed by atoms with E-state index in [0.29, 0.717) is 11.4 Å². The van der Waals surface area contributed by atoms with Crippen molar-refractivity contribution in [3.8, 4) is 5.69 Å². The Labute approximate surface area is 173 Å². The second-order valence-corrected chi connectivity index (χ2v) is 7.37. The van der Waals surface area contributed by atoms with Crippen molar-refractivity contribution >= 4 is 28.6 Å². The molecule has 0 atom stereocenters. The predicted molar refractivity (Wildman–Crippen MR) is 115 cm³/mol. The van der Waals surface area contributed by atoms with Gasteiger partial charge in [0.1, 0.15) is 12.7 Å². The van der Waals surface area contributed by atoms with Gasteiger partial charge in [0.25, 0.3) is 5.91 Å². The average Bonchev–Trinajstić information content (AvgIpc) is 3.47. The fourth-order valence-corrected chi connectivity index (χ4v) is 3.79. The number of hydrogen-bond donors (Lipinski definition) is 1. The van der Waals surface area contributed by atoms with Crippen molar-refractivity contribution in [2.45, 2.75) is 19.8 Å². The van der Waals surface area contributed by atoms with E-state index in [9.17, 15) is 4.79 Å². The van der Waals surface area contributed by atoms with Gasteiger partial charge in [-0.15, -0.1) is 0 Å². The quantitative estimate of drug-likeness (QED) is 0.566. The van der Waals surface area contributed by atoms with Gasteiger partial charge in [-0.1, -0.05) is 12.1 Å². The molecule has 3 heterocycles. The third-order valence-electron chi connectivity index (χ3n) is 5.31. The highest BCUT2D eigenvalue weighted by molar-refractivity contribution is 6.05. The van der Waals surface area contributed by atoms with E-state index in [-0.39, 0.29) is 5.91 Å². The molecule has 0 spiro atoms. The topological polar surface area (TPSA) is 88.8 Å². The molecule has 150 valence electrons.